The highest BCUT2D eigenvalue weighted by atomic mass is 16.5. The minimum Gasteiger partial charge on any atom is -0.473 e. The van der Waals surface area contributed by atoms with Gasteiger partial charge in [-0.2, -0.15) is 0 Å². The number of Topliss-reactive ketones (excluding diaryl/α,β-unsaturated/α-hetero) is 2. The van der Waals surface area contributed by atoms with Crippen LogP contribution < -0.4 is 15.8 Å². The minimum atomic E-state index is -0.709. The fourth-order valence-corrected chi connectivity index (χ4v) is 3.24. The number of nitrogens with one attached hydrogen (secondary N) is 1. The number of hydrogen-bond donors (Lipinski definition) is 2. The zero-order valence-electron chi connectivity index (χ0n) is 14.9. The molecule has 0 spiro atoms. The zero-order chi connectivity index (χ0) is 18.4. The number of carbonyl (C=O) groups excluding carboxylic acids is 2. The van der Waals surface area contributed by atoms with Crippen LogP contribution in [0.3, 0.4) is 0 Å². The molecule has 2 heterocycles. The fourth-order valence-electron chi connectivity index (χ4n) is 3.24. The van der Waals surface area contributed by atoms with Crippen LogP contribution in [-0.4, -0.2) is 59.8 Å². The summed E-state index contributed by atoms with van der Waals surface area (Å²) in [4.78, 5) is 29.1. The van der Waals surface area contributed by atoms with Gasteiger partial charge in [0, 0.05) is 25.4 Å². The van der Waals surface area contributed by atoms with Crippen molar-refractivity contribution in [2.75, 3.05) is 26.2 Å². The van der Waals surface area contributed by atoms with Gasteiger partial charge in [0.15, 0.2) is 0 Å². The Morgan fingerprint density at radius 1 is 1.23 bits per heavy atom. The molecule has 1 aromatic heterocycles. The average molecular weight is 358 g/mol. The van der Waals surface area contributed by atoms with Gasteiger partial charge < -0.3 is 15.8 Å². The number of hydrogen-bond acceptors (Lipinski definition) is 7. The van der Waals surface area contributed by atoms with E-state index in [4.69, 9.17) is 10.5 Å². The van der Waals surface area contributed by atoms with E-state index in [1.807, 2.05) is 24.3 Å². The predicted octanol–water partition coefficient (Wildman–Crippen LogP) is 0.440. The molecule has 0 amide bonds. The molecule has 3 rings (SSSR count). The number of pyridine rings is 1. The Morgan fingerprint density at radius 2 is 2.04 bits per heavy atom. The first kappa shape index (κ1) is 18.7. The van der Waals surface area contributed by atoms with Crippen LogP contribution in [0.5, 0.6) is 5.88 Å². The summed E-state index contributed by atoms with van der Waals surface area (Å²) in [6, 6.07) is 2.75. The van der Waals surface area contributed by atoms with E-state index >= 15 is 0 Å². The Labute approximate surface area is 153 Å². The number of nitrogens with zero attached hydrogens (tertiary/aromatic N) is 2. The van der Waals surface area contributed by atoms with Crippen molar-refractivity contribution < 1.29 is 14.3 Å². The molecule has 0 bridgehead atoms. The molecule has 1 aliphatic carbocycles. The average Bonchev–Trinajstić information content (AvgIpc) is 2.67. The Kier molecular flexibility index (Phi) is 6.49. The Morgan fingerprint density at radius 3 is 2.81 bits per heavy atom. The van der Waals surface area contributed by atoms with Crippen LogP contribution in [0.25, 0.3) is 0 Å². The van der Waals surface area contributed by atoms with Crippen molar-refractivity contribution in [2.24, 2.45) is 5.73 Å². The molecule has 1 saturated heterocycles. The summed E-state index contributed by atoms with van der Waals surface area (Å²) in [5, 5.41) is 2.94. The molecule has 2 atom stereocenters. The summed E-state index contributed by atoms with van der Waals surface area (Å²) in [5.74, 6) is -0.318. The van der Waals surface area contributed by atoms with Gasteiger partial charge in [0.1, 0.15) is 6.61 Å². The predicted molar refractivity (Wildman–Crippen MR) is 97.8 cm³/mol. The van der Waals surface area contributed by atoms with Crippen molar-refractivity contribution in [1.29, 1.82) is 0 Å². The van der Waals surface area contributed by atoms with Crippen molar-refractivity contribution in [3.63, 3.8) is 0 Å². The van der Waals surface area contributed by atoms with Crippen LogP contribution in [0.15, 0.2) is 30.5 Å². The molecule has 26 heavy (non-hydrogen) atoms. The highest BCUT2D eigenvalue weighted by Crippen LogP contribution is 2.15. The molecule has 2 fully saturated rings. The van der Waals surface area contributed by atoms with Crippen molar-refractivity contribution in [3.05, 3.63) is 36.0 Å². The van der Waals surface area contributed by atoms with E-state index in [-0.39, 0.29) is 0 Å². The van der Waals surface area contributed by atoms with Crippen LogP contribution in [-0.2, 0) is 16.1 Å². The van der Waals surface area contributed by atoms with Crippen LogP contribution in [0, 0.1) is 0 Å². The third-order valence-corrected chi connectivity index (χ3v) is 4.79. The summed E-state index contributed by atoms with van der Waals surface area (Å²) in [7, 11) is 0. The molecular weight excluding hydrogens is 332 g/mol. The lowest BCUT2D eigenvalue weighted by atomic mass is 9.84. The normalized spacial score (nSPS) is 24.0. The first-order valence-electron chi connectivity index (χ1n) is 9.17. The van der Waals surface area contributed by atoms with E-state index in [1.54, 1.807) is 6.20 Å². The van der Waals surface area contributed by atoms with Gasteiger partial charge in [-0.3, -0.25) is 14.5 Å². The van der Waals surface area contributed by atoms with E-state index in [0.29, 0.717) is 19.0 Å². The zero-order valence-corrected chi connectivity index (χ0v) is 14.9. The molecular formula is C19H26N4O3. The van der Waals surface area contributed by atoms with E-state index in [9.17, 15) is 9.59 Å². The number of aromatic nitrogens is 1. The van der Waals surface area contributed by atoms with Crippen molar-refractivity contribution in [1.82, 2.24) is 15.2 Å². The second-order valence-corrected chi connectivity index (χ2v) is 6.76. The number of nitrogens with two attached hydrogens (primary N) is 1. The molecule has 2 unspecified atom stereocenters. The van der Waals surface area contributed by atoms with Gasteiger partial charge in [0.05, 0.1) is 12.1 Å². The molecule has 1 aliphatic heterocycles. The van der Waals surface area contributed by atoms with Crippen LogP contribution in [0.2, 0.25) is 0 Å². The van der Waals surface area contributed by atoms with E-state index in [0.717, 1.165) is 19.6 Å². The lowest BCUT2D eigenvalue weighted by Crippen LogP contribution is -2.68. The van der Waals surface area contributed by atoms with Gasteiger partial charge in [-0.15, -0.1) is 0 Å². The van der Waals surface area contributed by atoms with Crippen molar-refractivity contribution in [3.8, 4) is 5.88 Å². The molecule has 1 saturated carbocycles. The van der Waals surface area contributed by atoms with Gasteiger partial charge in [0.25, 0.3) is 0 Å². The molecule has 0 aromatic carbocycles. The molecule has 1 aromatic rings. The van der Waals surface area contributed by atoms with Crippen LogP contribution >= 0.6 is 0 Å². The van der Waals surface area contributed by atoms with Gasteiger partial charge in [-0.25, -0.2) is 4.98 Å². The van der Waals surface area contributed by atoms with Gasteiger partial charge in [0.2, 0.25) is 17.4 Å². The molecule has 140 valence electrons. The Bertz CT molecular complexity index is 671. The largest absolute Gasteiger partial charge is 0.473 e. The standard InChI is InChI=1S/C19H26N4O3/c20-16-17(19(25)18(16)24)22-7-2-5-11-26-15-12-14(6-8-21-15)13-23-9-3-1-4-10-23/h2,5-6,8,12,16-17,22H,1,3-4,7,9-11,13,20H2. The number of ether oxygens (including phenoxy) is 1. The fraction of sp³-hybridized carbons (Fsp3) is 0.526. The van der Waals surface area contributed by atoms with Crippen LogP contribution in [0.4, 0.5) is 0 Å². The topological polar surface area (TPSA) is 97.5 Å². The summed E-state index contributed by atoms with van der Waals surface area (Å²) >= 11 is 0. The van der Waals surface area contributed by atoms with Gasteiger partial charge in [-0.1, -0.05) is 18.6 Å². The Hall–Kier alpha value is -2.09. The molecule has 2 aliphatic rings. The lowest BCUT2D eigenvalue weighted by molar-refractivity contribution is -0.146. The second-order valence-electron chi connectivity index (χ2n) is 6.76. The van der Waals surface area contributed by atoms with Gasteiger partial charge >= 0.3 is 0 Å². The number of likely N-dealkylation sites (tertiary alicyclic amines) is 1. The molecule has 3 N–H and O–H groups in total. The minimum absolute atomic E-state index is 0.394. The summed E-state index contributed by atoms with van der Waals surface area (Å²) < 4.78 is 5.65. The molecule has 0 radical (unpaired) electrons. The number of piperidine rings is 1. The number of carbonyl (C=O) groups is 2. The van der Waals surface area contributed by atoms with Crippen molar-refractivity contribution in [2.45, 2.75) is 37.9 Å². The SMILES string of the molecule is NC1C(=O)C(=O)C1NCC=CCOc1cc(CN2CCCCC2)ccn1. The maximum atomic E-state index is 11.3. The summed E-state index contributed by atoms with van der Waals surface area (Å²) in [6.07, 6.45) is 9.36. The highest BCUT2D eigenvalue weighted by Gasteiger charge is 2.46. The smallest absolute Gasteiger partial charge is 0.219 e. The lowest BCUT2D eigenvalue weighted by Gasteiger charge is -2.30. The monoisotopic (exact) mass is 358 g/mol. The Balaban J connectivity index is 1.37. The summed E-state index contributed by atoms with van der Waals surface area (Å²) in [5.41, 5.74) is 6.77. The third-order valence-electron chi connectivity index (χ3n) is 4.79. The second kappa shape index (κ2) is 9.02. The maximum absolute atomic E-state index is 11.3. The van der Waals surface area contributed by atoms with E-state index in [1.165, 1.54) is 24.8 Å². The first-order chi connectivity index (χ1) is 12.6. The number of rotatable bonds is 8. The maximum Gasteiger partial charge on any atom is 0.219 e. The quantitative estimate of drug-likeness (QED) is 0.514. The van der Waals surface area contributed by atoms with E-state index in [2.05, 4.69) is 15.2 Å². The third kappa shape index (κ3) is 4.75. The first-order valence-corrected chi connectivity index (χ1v) is 9.17. The molecule has 7 heteroatoms. The van der Waals surface area contributed by atoms with Gasteiger partial charge in [-0.05, 0) is 37.6 Å². The van der Waals surface area contributed by atoms with Crippen molar-refractivity contribution >= 4 is 11.6 Å². The number of ketones is 2. The molecule has 7 nitrogen and oxygen atoms in total. The van der Waals surface area contributed by atoms with E-state index < -0.39 is 23.7 Å². The van der Waals surface area contributed by atoms with Crippen LogP contribution in [0.1, 0.15) is 24.8 Å². The highest BCUT2D eigenvalue weighted by molar-refractivity contribution is 6.48. The summed E-state index contributed by atoms with van der Waals surface area (Å²) in [6.45, 7) is 4.11.